The Morgan fingerprint density at radius 1 is 0.365 bits per heavy atom. The van der Waals surface area contributed by atoms with Gasteiger partial charge in [0.15, 0.2) is 10.9 Å². The van der Waals surface area contributed by atoms with Crippen molar-refractivity contribution in [3.8, 4) is 11.1 Å². The third-order valence-corrected chi connectivity index (χ3v) is 16.9. The van der Waals surface area contributed by atoms with Crippen LogP contribution in [-0.4, -0.2) is 17.8 Å². The molecule has 0 spiro atoms. The summed E-state index contributed by atoms with van der Waals surface area (Å²) in [6, 6.07) is 53.4. The zero-order valence-corrected chi connectivity index (χ0v) is 45.2. The fourth-order valence-electron chi connectivity index (χ4n) is 13.2. The summed E-state index contributed by atoms with van der Waals surface area (Å²) < 4.78 is 2.15. The first-order valence-corrected chi connectivity index (χ1v) is 27.3. The lowest BCUT2D eigenvalue weighted by molar-refractivity contribution is 0.812. The molecule has 4 nitrogen and oxygen atoms in total. The monoisotopic (exact) mass is 965 g/mol. The quantitative estimate of drug-likeness (QED) is 0.0822. The lowest BCUT2D eigenvalue weighted by Crippen LogP contribution is -2.66. The Kier molecular flexibility index (Phi) is 11.5. The van der Waals surface area contributed by atoms with Crippen LogP contribution < -0.4 is 48.5 Å². The Morgan fingerprint density at radius 2 is 0.784 bits per heavy atom. The van der Waals surface area contributed by atoms with Crippen molar-refractivity contribution in [1.29, 1.82) is 0 Å². The van der Waals surface area contributed by atoms with E-state index in [4.69, 9.17) is 0 Å². The van der Waals surface area contributed by atoms with Gasteiger partial charge >= 0.3 is 0 Å². The topological polar surface area (TPSA) is 41.8 Å². The second-order valence-electron chi connectivity index (χ2n) is 23.4. The molecule has 12 rings (SSSR count). The summed E-state index contributed by atoms with van der Waals surface area (Å²) in [6.07, 6.45) is 0. The maximum atomic E-state index is 15.1. The highest BCUT2D eigenvalue weighted by Crippen LogP contribution is 2.41. The molecule has 10 aromatic rings. The molecule has 2 aliphatic heterocycles. The Morgan fingerprint density at radius 3 is 1.26 bits per heavy atom. The molecule has 0 saturated heterocycles. The molecule has 0 fully saturated rings. The number of hydrogen-bond donors (Lipinski definition) is 0. The highest BCUT2D eigenvalue weighted by atomic mass is 16.1. The van der Waals surface area contributed by atoms with E-state index in [2.05, 4.69) is 196 Å². The molecule has 0 bridgehead atoms. The normalized spacial score (nSPS) is 13.4. The van der Waals surface area contributed by atoms with Crippen LogP contribution in [0.3, 0.4) is 0 Å². The number of benzene rings is 8. The van der Waals surface area contributed by atoms with Crippen LogP contribution in [0.25, 0.3) is 49.2 Å². The molecule has 0 atom stereocenters. The van der Waals surface area contributed by atoms with Crippen LogP contribution >= 0.6 is 0 Å². The van der Waals surface area contributed by atoms with E-state index in [9.17, 15) is 4.79 Å². The molecule has 2 aliphatic rings. The first kappa shape index (κ1) is 47.8. The van der Waals surface area contributed by atoms with Gasteiger partial charge in [0, 0.05) is 38.6 Å². The summed E-state index contributed by atoms with van der Waals surface area (Å²) >= 11 is 0. The van der Waals surface area contributed by atoms with E-state index >= 15 is 4.79 Å². The smallest absolute Gasteiger partial charge is 0.247 e. The van der Waals surface area contributed by atoms with Crippen LogP contribution in [-0.2, 0) is 0 Å². The van der Waals surface area contributed by atoms with E-state index in [0.717, 1.165) is 22.2 Å². The Labute approximate surface area is 437 Å². The summed E-state index contributed by atoms with van der Waals surface area (Å²) in [6.45, 7) is 28.1. The van der Waals surface area contributed by atoms with E-state index in [0.29, 0.717) is 38.9 Å². The fourth-order valence-corrected chi connectivity index (χ4v) is 13.2. The Hall–Kier alpha value is -7.17. The average molecular weight is 965 g/mol. The number of hydrogen-bond acceptors (Lipinski definition) is 3. The van der Waals surface area contributed by atoms with E-state index in [1.165, 1.54) is 83.2 Å². The lowest BCUT2D eigenvalue weighted by atomic mass is 9.29. The maximum absolute atomic E-state index is 15.1. The van der Waals surface area contributed by atoms with Crippen molar-refractivity contribution in [2.75, 3.05) is 4.90 Å². The number of anilines is 3. The van der Waals surface area contributed by atoms with Gasteiger partial charge in [-0.15, -0.1) is 0 Å². The maximum Gasteiger partial charge on any atom is 0.247 e. The van der Waals surface area contributed by atoms with Crippen LogP contribution in [0, 0.1) is 0 Å². The second-order valence-corrected chi connectivity index (χ2v) is 23.4. The average Bonchev–Trinajstić information content (AvgIpc) is 3.39. The molecule has 0 unspecified atom stereocenters. The van der Waals surface area contributed by atoms with Gasteiger partial charge in [0.25, 0.3) is 0 Å². The van der Waals surface area contributed by atoms with Crippen molar-refractivity contribution in [2.45, 2.75) is 119 Å². The number of fused-ring (bicyclic) bond motifs is 8. The van der Waals surface area contributed by atoms with Gasteiger partial charge in [0.05, 0.1) is 16.6 Å². The number of aromatic nitrogens is 1. The third kappa shape index (κ3) is 7.10. The highest BCUT2D eigenvalue weighted by molar-refractivity contribution is 7.02. The molecule has 6 heteroatoms. The molecule has 366 valence electrons. The molecule has 2 aromatic heterocycles. The van der Waals surface area contributed by atoms with E-state index < -0.39 is 0 Å². The van der Waals surface area contributed by atoms with Gasteiger partial charge in [-0.2, -0.15) is 0 Å². The van der Waals surface area contributed by atoms with E-state index in [-0.39, 0.29) is 48.0 Å². The minimum absolute atomic E-state index is 0.0499. The van der Waals surface area contributed by atoms with Gasteiger partial charge in [0.1, 0.15) is 0 Å². The number of nitrogens with zero attached hydrogens (tertiary/aromatic N) is 2. The molecule has 8 aromatic carbocycles. The van der Waals surface area contributed by atoms with Crippen LogP contribution in [0.2, 0.25) is 0 Å². The SMILES string of the molecule is CC(C)c1cc(C(C)C)c(B2c3ccccc3N3c4ccccc4B(c4c(C(C)C)cc(C(C)C)cc4C(C)C)c4cc(-c5ccc6c(c5)c(=O)c5cccc7c(=O)c8ccccc8n6c75)cc2c43)c(C(C)C)c1. The molecule has 4 heterocycles. The Bertz CT molecular complexity index is 3860. The fraction of sp³-hybridized carbons (Fsp3) is 0.265. The summed E-state index contributed by atoms with van der Waals surface area (Å²) in [4.78, 5) is 31.7. The first-order chi connectivity index (χ1) is 35.5. The van der Waals surface area contributed by atoms with Crippen LogP contribution in [0.15, 0.2) is 155 Å². The van der Waals surface area contributed by atoms with Gasteiger partial charge < -0.3 is 9.30 Å². The molecule has 0 saturated carbocycles. The molecule has 0 aliphatic carbocycles. The van der Waals surface area contributed by atoms with Gasteiger partial charge in [-0.05, 0) is 150 Å². The van der Waals surface area contributed by atoms with Crippen molar-refractivity contribution < 1.29 is 0 Å². The molecule has 74 heavy (non-hydrogen) atoms. The van der Waals surface area contributed by atoms with Gasteiger partial charge in [-0.3, -0.25) is 9.59 Å². The van der Waals surface area contributed by atoms with Crippen molar-refractivity contribution in [3.05, 3.63) is 199 Å². The summed E-state index contributed by atoms with van der Waals surface area (Å²) in [5, 5.41) is 2.39. The minimum Gasteiger partial charge on any atom is -0.313 e. The standard InChI is InChI=1S/C68H66B2N2O2/c1-37(2)44-31-50(39(5)6)63(51(32-44)40(7)8)69-55-23-14-17-26-61(55)72-62-27-18-15-24-56(62)70(64-52(41(9)10)33-45(38(3)4)34-53(64)42(11)12)58-36-46(35-57(69)66(58)72)43-28-29-60-54(30-43)68(74)49-22-19-21-48-65(49)71(60)59-25-16-13-20-47(59)67(48)73/h13-42H,1-12H3. The number of para-hydroxylation sites is 4. The van der Waals surface area contributed by atoms with Crippen molar-refractivity contribution >= 4 is 101 Å². The first-order valence-electron chi connectivity index (χ1n) is 27.3. The lowest BCUT2D eigenvalue weighted by Gasteiger charge is -2.45. The summed E-state index contributed by atoms with van der Waals surface area (Å²) in [5.74, 6) is 1.91. The molecular formula is C68H66B2N2O2. The molecular weight excluding hydrogens is 898 g/mol. The largest absolute Gasteiger partial charge is 0.313 e. The number of pyridine rings is 2. The van der Waals surface area contributed by atoms with Crippen LogP contribution in [0.5, 0.6) is 0 Å². The summed E-state index contributed by atoms with van der Waals surface area (Å²) in [7, 11) is 0. The van der Waals surface area contributed by atoms with Crippen molar-refractivity contribution in [3.63, 3.8) is 0 Å². The van der Waals surface area contributed by atoms with E-state index in [1.807, 2.05) is 42.5 Å². The minimum atomic E-state index is -0.0810. The molecule has 0 radical (unpaired) electrons. The molecule has 0 N–H and O–H groups in total. The highest BCUT2D eigenvalue weighted by Gasteiger charge is 2.46. The zero-order chi connectivity index (χ0) is 51.8. The van der Waals surface area contributed by atoms with Gasteiger partial charge in [-0.25, -0.2) is 0 Å². The van der Waals surface area contributed by atoms with Crippen molar-refractivity contribution in [2.24, 2.45) is 0 Å². The second kappa shape index (κ2) is 17.8. The van der Waals surface area contributed by atoms with E-state index in [1.54, 1.807) is 0 Å². The predicted octanol–water partition coefficient (Wildman–Crippen LogP) is 13.1. The third-order valence-electron chi connectivity index (χ3n) is 16.9. The summed E-state index contributed by atoms with van der Waals surface area (Å²) in [5.41, 5.74) is 24.4. The van der Waals surface area contributed by atoms with Crippen LogP contribution in [0.1, 0.15) is 152 Å². The van der Waals surface area contributed by atoms with Gasteiger partial charge in [-0.1, -0.05) is 191 Å². The molecule has 0 amide bonds. The predicted molar refractivity (Wildman–Crippen MR) is 320 cm³/mol. The Balaban J connectivity index is 1.25. The van der Waals surface area contributed by atoms with Gasteiger partial charge in [0.2, 0.25) is 13.4 Å². The zero-order valence-electron chi connectivity index (χ0n) is 45.2. The van der Waals surface area contributed by atoms with Crippen LogP contribution in [0.4, 0.5) is 17.1 Å². The number of rotatable bonds is 9. The van der Waals surface area contributed by atoms with Crippen molar-refractivity contribution in [1.82, 2.24) is 4.40 Å².